The molecule has 0 radical (unpaired) electrons. The first-order valence-corrected chi connectivity index (χ1v) is 12.3. The minimum atomic E-state index is -0.619. The summed E-state index contributed by atoms with van der Waals surface area (Å²) >= 11 is 5.81. The van der Waals surface area contributed by atoms with Crippen LogP contribution in [0.3, 0.4) is 0 Å². The van der Waals surface area contributed by atoms with E-state index >= 15 is 0 Å². The number of benzene rings is 3. The summed E-state index contributed by atoms with van der Waals surface area (Å²) in [5, 5.41) is 10.9. The molecule has 1 aliphatic heterocycles. The van der Waals surface area contributed by atoms with Gasteiger partial charge in [-0.2, -0.15) is 0 Å². The third-order valence-corrected chi connectivity index (χ3v) is 6.55. The highest BCUT2D eigenvalue weighted by atomic mass is 127. The van der Waals surface area contributed by atoms with Crippen molar-refractivity contribution in [2.75, 3.05) is 6.61 Å². The number of nitro benzene ring substituents is 1. The third kappa shape index (κ3) is 5.88. The number of non-ortho nitro benzene ring substituents is 1. The summed E-state index contributed by atoms with van der Waals surface area (Å²) in [4.78, 5) is 27.0. The van der Waals surface area contributed by atoms with Gasteiger partial charge in [-0.25, -0.2) is 9.79 Å². The summed E-state index contributed by atoms with van der Waals surface area (Å²) in [6, 6.07) is 17.1. The Balaban J connectivity index is 1.60. The fraction of sp³-hybridized carbons (Fsp3) is 0.120. The molecule has 35 heavy (non-hydrogen) atoms. The van der Waals surface area contributed by atoms with Crippen LogP contribution in [0.15, 0.2) is 75.8 Å². The molecule has 0 aromatic heterocycles. The second-order valence-corrected chi connectivity index (χ2v) is 9.30. The minimum Gasteiger partial charge on any atom is -0.490 e. The van der Waals surface area contributed by atoms with Gasteiger partial charge in [0, 0.05) is 26.8 Å². The van der Waals surface area contributed by atoms with Gasteiger partial charge in [0.2, 0.25) is 5.90 Å². The van der Waals surface area contributed by atoms with Crippen LogP contribution in [-0.4, -0.2) is 23.4 Å². The van der Waals surface area contributed by atoms with Crippen LogP contribution < -0.4 is 9.47 Å². The van der Waals surface area contributed by atoms with Crippen molar-refractivity contribution in [3.05, 3.63) is 101 Å². The lowest BCUT2D eigenvalue weighted by molar-refractivity contribution is -0.384. The number of aliphatic imine (C=N–C) groups is 1. The molecule has 0 unspecified atom stereocenters. The smallest absolute Gasteiger partial charge is 0.363 e. The molecule has 1 aliphatic rings. The van der Waals surface area contributed by atoms with E-state index < -0.39 is 10.9 Å². The summed E-state index contributed by atoms with van der Waals surface area (Å²) in [5.41, 5.74) is 2.20. The van der Waals surface area contributed by atoms with Crippen molar-refractivity contribution >= 4 is 62.2 Å². The lowest BCUT2D eigenvalue weighted by atomic mass is 10.1. The Labute approximate surface area is 223 Å². The van der Waals surface area contributed by atoms with E-state index in [1.54, 1.807) is 18.2 Å². The zero-order chi connectivity index (χ0) is 24.9. The lowest BCUT2D eigenvalue weighted by Crippen LogP contribution is -2.05. The highest BCUT2D eigenvalue weighted by Crippen LogP contribution is 2.38. The topological polar surface area (TPSA) is 100 Å². The molecule has 4 rings (SSSR count). The standard InChI is InChI=1S/C25H18BrIN2O6/c1-2-33-22-13-15(11-19(26)23(22)34-14-17-5-3-4-6-20(17)27)12-21-25(30)35-24(28-21)16-7-9-18(10-8-16)29(31)32/h3-13H,2,14H2,1H3/b21-12-. The average molecular weight is 649 g/mol. The average Bonchev–Trinajstić information content (AvgIpc) is 3.20. The molecule has 0 N–H and O–H groups in total. The van der Waals surface area contributed by atoms with E-state index in [1.165, 1.54) is 24.3 Å². The number of hydrogen-bond donors (Lipinski definition) is 0. The minimum absolute atomic E-state index is 0.0629. The van der Waals surface area contributed by atoms with Crippen LogP contribution in [0.4, 0.5) is 5.69 Å². The molecular formula is C25H18BrIN2O6. The van der Waals surface area contributed by atoms with Gasteiger partial charge < -0.3 is 14.2 Å². The van der Waals surface area contributed by atoms with E-state index in [0.717, 1.165) is 9.13 Å². The first kappa shape index (κ1) is 24.9. The van der Waals surface area contributed by atoms with Crippen LogP contribution in [-0.2, 0) is 16.1 Å². The lowest BCUT2D eigenvalue weighted by Gasteiger charge is -2.15. The van der Waals surface area contributed by atoms with E-state index in [1.807, 2.05) is 31.2 Å². The van der Waals surface area contributed by atoms with Gasteiger partial charge in [0.1, 0.15) is 6.61 Å². The number of nitrogens with zero attached hydrogens (tertiary/aromatic N) is 2. The van der Waals surface area contributed by atoms with Crippen LogP contribution in [0.25, 0.3) is 6.08 Å². The van der Waals surface area contributed by atoms with Crippen molar-refractivity contribution in [3.8, 4) is 11.5 Å². The molecule has 8 nitrogen and oxygen atoms in total. The van der Waals surface area contributed by atoms with Gasteiger partial charge in [-0.1, -0.05) is 18.2 Å². The third-order valence-electron chi connectivity index (χ3n) is 4.91. The summed E-state index contributed by atoms with van der Waals surface area (Å²) in [7, 11) is 0. The van der Waals surface area contributed by atoms with Gasteiger partial charge >= 0.3 is 5.97 Å². The van der Waals surface area contributed by atoms with Crippen molar-refractivity contribution in [1.82, 2.24) is 0 Å². The monoisotopic (exact) mass is 648 g/mol. The number of rotatable bonds is 8. The van der Waals surface area contributed by atoms with E-state index in [0.29, 0.717) is 40.3 Å². The fourth-order valence-electron chi connectivity index (χ4n) is 3.26. The molecule has 0 saturated carbocycles. The molecule has 0 bridgehead atoms. The first-order valence-electron chi connectivity index (χ1n) is 10.5. The number of carbonyl (C=O) groups excluding carboxylic acids is 1. The number of nitro groups is 1. The molecule has 0 saturated heterocycles. The molecule has 1 heterocycles. The second-order valence-electron chi connectivity index (χ2n) is 7.28. The zero-order valence-electron chi connectivity index (χ0n) is 18.4. The second kappa shape index (κ2) is 11.0. The molecule has 0 amide bonds. The molecule has 0 atom stereocenters. The number of cyclic esters (lactones) is 1. The van der Waals surface area contributed by atoms with Crippen LogP contribution in [0.1, 0.15) is 23.6 Å². The Kier molecular flexibility index (Phi) is 7.81. The zero-order valence-corrected chi connectivity index (χ0v) is 22.1. The normalized spacial score (nSPS) is 14.0. The summed E-state index contributed by atoms with van der Waals surface area (Å²) in [6.45, 7) is 2.67. The summed E-state index contributed by atoms with van der Waals surface area (Å²) in [6.07, 6.45) is 1.58. The van der Waals surface area contributed by atoms with Gasteiger partial charge in [0.15, 0.2) is 17.2 Å². The Hall–Kier alpha value is -3.25. The van der Waals surface area contributed by atoms with Crippen molar-refractivity contribution in [1.29, 1.82) is 0 Å². The van der Waals surface area contributed by atoms with Crippen molar-refractivity contribution in [3.63, 3.8) is 0 Å². The maximum Gasteiger partial charge on any atom is 0.363 e. The highest BCUT2D eigenvalue weighted by molar-refractivity contribution is 14.1. The van der Waals surface area contributed by atoms with Crippen molar-refractivity contribution < 1.29 is 23.9 Å². The number of carbonyl (C=O) groups is 1. The van der Waals surface area contributed by atoms with E-state index in [2.05, 4.69) is 43.5 Å². The van der Waals surface area contributed by atoms with E-state index in [-0.39, 0.29) is 17.3 Å². The predicted molar refractivity (Wildman–Crippen MR) is 143 cm³/mol. The van der Waals surface area contributed by atoms with Gasteiger partial charge in [-0.15, -0.1) is 0 Å². The molecule has 0 aliphatic carbocycles. The van der Waals surface area contributed by atoms with E-state index in [4.69, 9.17) is 14.2 Å². The fourth-order valence-corrected chi connectivity index (χ4v) is 4.37. The number of halogens is 2. The Morgan fingerprint density at radius 3 is 2.57 bits per heavy atom. The van der Waals surface area contributed by atoms with E-state index in [9.17, 15) is 14.9 Å². The molecule has 3 aromatic rings. The maximum absolute atomic E-state index is 12.4. The maximum atomic E-state index is 12.4. The Morgan fingerprint density at radius 2 is 1.89 bits per heavy atom. The van der Waals surface area contributed by atoms with Gasteiger partial charge in [-0.3, -0.25) is 10.1 Å². The largest absolute Gasteiger partial charge is 0.490 e. The molecule has 178 valence electrons. The SMILES string of the molecule is CCOc1cc(/C=C2\N=C(c3ccc([N+](=O)[O-])cc3)OC2=O)cc(Br)c1OCc1ccccc1I. The molecule has 0 spiro atoms. The van der Waals surface area contributed by atoms with Crippen LogP contribution >= 0.6 is 38.5 Å². The Bertz CT molecular complexity index is 1350. The molecule has 3 aromatic carbocycles. The van der Waals surface area contributed by atoms with Gasteiger partial charge in [0.25, 0.3) is 5.69 Å². The first-order chi connectivity index (χ1) is 16.9. The van der Waals surface area contributed by atoms with Crippen LogP contribution in [0, 0.1) is 13.7 Å². The molecule has 10 heteroatoms. The number of hydrogen-bond acceptors (Lipinski definition) is 7. The van der Waals surface area contributed by atoms with Crippen LogP contribution in [0.5, 0.6) is 11.5 Å². The van der Waals surface area contributed by atoms with Gasteiger partial charge in [-0.05, 0) is 87.4 Å². The van der Waals surface area contributed by atoms with Crippen molar-refractivity contribution in [2.45, 2.75) is 13.5 Å². The number of ether oxygens (including phenoxy) is 3. The van der Waals surface area contributed by atoms with Crippen LogP contribution in [0.2, 0.25) is 0 Å². The predicted octanol–water partition coefficient (Wildman–Crippen LogP) is 6.28. The number of esters is 1. The quantitative estimate of drug-likeness (QED) is 0.0937. The van der Waals surface area contributed by atoms with Crippen molar-refractivity contribution in [2.24, 2.45) is 4.99 Å². The highest BCUT2D eigenvalue weighted by Gasteiger charge is 2.25. The Morgan fingerprint density at radius 1 is 1.14 bits per heavy atom. The summed E-state index contributed by atoms with van der Waals surface area (Å²) < 4.78 is 18.9. The summed E-state index contributed by atoms with van der Waals surface area (Å²) in [5.74, 6) is 0.535. The van der Waals surface area contributed by atoms with Gasteiger partial charge in [0.05, 0.1) is 16.0 Å². The molecule has 0 fully saturated rings. The molecular weight excluding hydrogens is 631 g/mol.